The zero-order valence-corrected chi connectivity index (χ0v) is 15.7. The molecule has 0 aliphatic rings. The molecule has 0 bridgehead atoms. The fraction of sp³-hybridized carbons (Fsp3) is 0.105. The predicted molar refractivity (Wildman–Crippen MR) is 102 cm³/mol. The lowest BCUT2D eigenvalue weighted by molar-refractivity contribution is -0.0521. The number of imidazole rings is 1. The molecule has 4 rings (SSSR count). The summed E-state index contributed by atoms with van der Waals surface area (Å²) in [4.78, 5) is 12.2. The molecule has 31 heavy (non-hydrogen) atoms. The Kier molecular flexibility index (Phi) is 5.05. The summed E-state index contributed by atoms with van der Waals surface area (Å²) in [5.41, 5.74) is 6.43. The SMILES string of the molecule is Cc1nc2ccc(F)cc2n1-c1nc(N)c(F)c(Nc2ccc(OC(F)F)c(F)c2)n1. The summed E-state index contributed by atoms with van der Waals surface area (Å²) >= 11 is 0. The van der Waals surface area contributed by atoms with E-state index in [0.717, 1.165) is 12.1 Å². The lowest BCUT2D eigenvalue weighted by Crippen LogP contribution is -2.11. The van der Waals surface area contributed by atoms with Crippen molar-refractivity contribution >= 4 is 28.4 Å². The molecule has 7 nitrogen and oxygen atoms in total. The van der Waals surface area contributed by atoms with Crippen molar-refractivity contribution in [1.29, 1.82) is 0 Å². The van der Waals surface area contributed by atoms with Crippen LogP contribution < -0.4 is 15.8 Å². The largest absolute Gasteiger partial charge is 0.432 e. The Balaban J connectivity index is 1.76. The number of aromatic nitrogens is 4. The predicted octanol–water partition coefficient (Wildman–Crippen LogP) is 4.47. The van der Waals surface area contributed by atoms with Gasteiger partial charge in [0.25, 0.3) is 0 Å². The first-order chi connectivity index (χ1) is 14.7. The molecule has 0 aliphatic carbocycles. The van der Waals surface area contributed by atoms with Gasteiger partial charge in [-0.05, 0) is 31.2 Å². The quantitative estimate of drug-likeness (QED) is 0.449. The summed E-state index contributed by atoms with van der Waals surface area (Å²) in [7, 11) is 0. The first-order valence-corrected chi connectivity index (χ1v) is 8.72. The zero-order valence-electron chi connectivity index (χ0n) is 15.7. The molecule has 0 unspecified atom stereocenters. The number of nitrogen functional groups attached to an aromatic ring is 1. The van der Waals surface area contributed by atoms with Crippen molar-refractivity contribution in [2.24, 2.45) is 0 Å². The van der Waals surface area contributed by atoms with Gasteiger partial charge in [-0.3, -0.25) is 4.57 Å². The molecule has 4 aromatic rings. The minimum atomic E-state index is -3.20. The number of hydrogen-bond donors (Lipinski definition) is 2. The maximum absolute atomic E-state index is 14.5. The molecule has 0 radical (unpaired) electrons. The number of nitrogens with one attached hydrogen (secondary N) is 1. The smallest absolute Gasteiger partial charge is 0.387 e. The van der Waals surface area contributed by atoms with E-state index in [4.69, 9.17) is 5.73 Å². The van der Waals surface area contributed by atoms with Gasteiger partial charge >= 0.3 is 6.61 Å². The van der Waals surface area contributed by atoms with E-state index < -0.39 is 41.4 Å². The van der Waals surface area contributed by atoms with Crippen LogP contribution in [0.1, 0.15) is 5.82 Å². The minimum absolute atomic E-state index is 0.0136. The molecule has 2 aromatic carbocycles. The molecule has 2 heterocycles. The number of aryl methyl sites for hydroxylation is 1. The van der Waals surface area contributed by atoms with Crippen LogP contribution >= 0.6 is 0 Å². The highest BCUT2D eigenvalue weighted by Crippen LogP contribution is 2.28. The highest BCUT2D eigenvalue weighted by Gasteiger charge is 2.19. The average Bonchev–Trinajstić information content (AvgIpc) is 3.02. The van der Waals surface area contributed by atoms with Gasteiger partial charge in [0.2, 0.25) is 11.8 Å². The van der Waals surface area contributed by atoms with Gasteiger partial charge in [0.1, 0.15) is 11.6 Å². The Morgan fingerprint density at radius 1 is 1.03 bits per heavy atom. The molecule has 0 saturated carbocycles. The lowest BCUT2D eigenvalue weighted by atomic mass is 10.3. The van der Waals surface area contributed by atoms with Gasteiger partial charge in [-0.25, -0.2) is 13.8 Å². The molecule has 12 heteroatoms. The van der Waals surface area contributed by atoms with Gasteiger partial charge < -0.3 is 15.8 Å². The van der Waals surface area contributed by atoms with Crippen molar-refractivity contribution in [3.63, 3.8) is 0 Å². The van der Waals surface area contributed by atoms with Crippen molar-refractivity contribution in [3.05, 3.63) is 59.7 Å². The monoisotopic (exact) mass is 436 g/mol. The summed E-state index contributed by atoms with van der Waals surface area (Å²) in [5, 5.41) is 2.52. The van der Waals surface area contributed by atoms with Crippen molar-refractivity contribution in [1.82, 2.24) is 19.5 Å². The van der Waals surface area contributed by atoms with Gasteiger partial charge in [-0.1, -0.05) is 0 Å². The van der Waals surface area contributed by atoms with Gasteiger partial charge in [0.15, 0.2) is 23.2 Å². The average molecular weight is 436 g/mol. The third-order valence-corrected chi connectivity index (χ3v) is 4.26. The fourth-order valence-electron chi connectivity index (χ4n) is 2.96. The van der Waals surface area contributed by atoms with Crippen molar-refractivity contribution in [2.75, 3.05) is 11.1 Å². The Hall–Kier alpha value is -3.96. The molecule has 160 valence electrons. The molecule has 0 aliphatic heterocycles. The Morgan fingerprint density at radius 2 is 1.81 bits per heavy atom. The van der Waals surface area contributed by atoms with Crippen LogP contribution in [0.3, 0.4) is 0 Å². The molecule has 0 atom stereocenters. The summed E-state index contributed by atoms with van der Waals surface area (Å²) in [6.45, 7) is -1.58. The molecule has 2 aromatic heterocycles. The summed E-state index contributed by atoms with van der Waals surface area (Å²) in [6.07, 6.45) is 0. The molecule has 0 spiro atoms. The second-order valence-corrected chi connectivity index (χ2v) is 6.35. The maximum atomic E-state index is 14.5. The van der Waals surface area contributed by atoms with E-state index in [9.17, 15) is 22.0 Å². The van der Waals surface area contributed by atoms with E-state index in [1.54, 1.807) is 6.92 Å². The van der Waals surface area contributed by atoms with E-state index in [1.165, 1.54) is 28.8 Å². The number of anilines is 3. The van der Waals surface area contributed by atoms with Gasteiger partial charge in [0, 0.05) is 17.8 Å². The van der Waals surface area contributed by atoms with Crippen LogP contribution in [-0.4, -0.2) is 26.1 Å². The molecule has 0 saturated heterocycles. The van der Waals surface area contributed by atoms with E-state index >= 15 is 0 Å². The standard InChI is InChI=1S/C19H13F5N6O/c1-8-26-12-4-2-9(20)6-13(12)30(8)19-28-16(25)15(22)17(29-19)27-10-3-5-14(11(21)7-10)31-18(23)24/h2-7,18H,1H3,(H3,25,27,28,29). The molecule has 3 N–H and O–H groups in total. The maximum Gasteiger partial charge on any atom is 0.387 e. The third kappa shape index (κ3) is 3.91. The molecule has 0 amide bonds. The fourth-order valence-corrected chi connectivity index (χ4v) is 2.96. The minimum Gasteiger partial charge on any atom is -0.432 e. The topological polar surface area (TPSA) is 90.9 Å². The van der Waals surface area contributed by atoms with Gasteiger partial charge in [-0.2, -0.15) is 23.1 Å². The first kappa shape index (κ1) is 20.3. The van der Waals surface area contributed by atoms with E-state index in [1.807, 2.05) is 0 Å². The van der Waals surface area contributed by atoms with E-state index in [2.05, 4.69) is 25.0 Å². The summed E-state index contributed by atoms with van der Waals surface area (Å²) < 4.78 is 72.2. The van der Waals surface area contributed by atoms with E-state index in [-0.39, 0.29) is 11.6 Å². The first-order valence-electron chi connectivity index (χ1n) is 8.72. The Morgan fingerprint density at radius 3 is 2.52 bits per heavy atom. The third-order valence-electron chi connectivity index (χ3n) is 4.26. The summed E-state index contributed by atoms with van der Waals surface area (Å²) in [5.74, 6) is -3.98. The van der Waals surface area contributed by atoms with Crippen LogP contribution in [0, 0.1) is 24.4 Å². The number of nitrogens with two attached hydrogens (primary N) is 1. The van der Waals surface area contributed by atoms with Crippen LogP contribution in [0.25, 0.3) is 17.0 Å². The van der Waals surface area contributed by atoms with Crippen molar-refractivity contribution in [3.8, 4) is 11.7 Å². The normalized spacial score (nSPS) is 11.3. The highest BCUT2D eigenvalue weighted by atomic mass is 19.3. The number of nitrogens with zero attached hydrogens (tertiary/aromatic N) is 4. The van der Waals surface area contributed by atoms with Crippen LogP contribution in [-0.2, 0) is 0 Å². The van der Waals surface area contributed by atoms with Crippen LogP contribution in [0.15, 0.2) is 36.4 Å². The van der Waals surface area contributed by atoms with Crippen LogP contribution in [0.5, 0.6) is 5.75 Å². The van der Waals surface area contributed by atoms with Crippen molar-refractivity contribution in [2.45, 2.75) is 13.5 Å². The number of hydrogen-bond acceptors (Lipinski definition) is 6. The number of alkyl halides is 2. The van der Waals surface area contributed by atoms with Gasteiger partial charge in [0.05, 0.1) is 11.0 Å². The number of rotatable bonds is 5. The Labute approximate surface area is 171 Å². The van der Waals surface area contributed by atoms with Gasteiger partial charge in [-0.15, -0.1) is 0 Å². The zero-order chi connectivity index (χ0) is 22.3. The Bertz CT molecular complexity index is 1290. The van der Waals surface area contributed by atoms with E-state index in [0.29, 0.717) is 16.9 Å². The highest BCUT2D eigenvalue weighted by molar-refractivity contribution is 5.78. The molecular formula is C19H13F5N6O. The number of halogens is 5. The van der Waals surface area contributed by atoms with Crippen LogP contribution in [0.2, 0.25) is 0 Å². The second-order valence-electron chi connectivity index (χ2n) is 6.35. The summed E-state index contributed by atoms with van der Waals surface area (Å²) in [6, 6.07) is 6.87. The number of benzene rings is 2. The lowest BCUT2D eigenvalue weighted by Gasteiger charge is -2.12. The number of ether oxygens (including phenoxy) is 1. The van der Waals surface area contributed by atoms with Crippen molar-refractivity contribution < 1.29 is 26.7 Å². The molecule has 0 fully saturated rings. The molecular weight excluding hydrogens is 423 g/mol. The second kappa shape index (κ2) is 7.70. The van der Waals surface area contributed by atoms with Crippen LogP contribution in [0.4, 0.5) is 39.3 Å². The number of fused-ring (bicyclic) bond motifs is 1.